The van der Waals surface area contributed by atoms with Crippen LogP contribution in [0.4, 0.5) is 11.7 Å². The molecule has 6 heteroatoms. The van der Waals surface area contributed by atoms with E-state index in [1.807, 2.05) is 50.1 Å². The normalized spacial score (nSPS) is 12.2. The van der Waals surface area contributed by atoms with Gasteiger partial charge in [0.2, 0.25) is 5.89 Å². The monoisotopic (exact) mass is 276 g/mol. The van der Waals surface area contributed by atoms with Crippen LogP contribution in [-0.2, 0) is 0 Å². The molecule has 1 N–H and O–H groups in total. The standard InChI is InChI=1S/C14H20N4O2/c1-5-15-10(2)13-16-17-14(20-13)18(3)11-7-6-8-12(9-11)19-4/h6-10,15H,5H2,1-4H3. The Morgan fingerprint density at radius 3 is 2.90 bits per heavy atom. The van der Waals surface area contributed by atoms with E-state index in [2.05, 4.69) is 15.5 Å². The first-order valence-electron chi connectivity index (χ1n) is 6.60. The van der Waals surface area contributed by atoms with Gasteiger partial charge in [-0.25, -0.2) is 0 Å². The number of anilines is 2. The Balaban J connectivity index is 2.18. The van der Waals surface area contributed by atoms with E-state index in [1.54, 1.807) is 7.11 Å². The summed E-state index contributed by atoms with van der Waals surface area (Å²) in [5.41, 5.74) is 0.927. The Morgan fingerprint density at radius 2 is 2.20 bits per heavy atom. The number of benzene rings is 1. The molecule has 0 aliphatic carbocycles. The molecule has 6 nitrogen and oxygen atoms in total. The maximum Gasteiger partial charge on any atom is 0.322 e. The maximum atomic E-state index is 5.69. The molecular weight excluding hydrogens is 256 g/mol. The summed E-state index contributed by atoms with van der Waals surface area (Å²) in [6, 6.07) is 8.18. The molecule has 0 saturated heterocycles. The largest absolute Gasteiger partial charge is 0.497 e. The molecule has 0 fully saturated rings. The number of hydrogen-bond donors (Lipinski definition) is 1. The number of ether oxygens (including phenoxy) is 1. The topological polar surface area (TPSA) is 63.4 Å². The van der Waals surface area contributed by atoms with Crippen LogP contribution in [0.3, 0.4) is 0 Å². The van der Waals surface area contributed by atoms with Crippen molar-refractivity contribution in [3.05, 3.63) is 30.2 Å². The molecule has 2 aromatic rings. The lowest BCUT2D eigenvalue weighted by molar-refractivity contribution is 0.414. The summed E-state index contributed by atoms with van der Waals surface area (Å²) < 4.78 is 10.9. The second kappa shape index (κ2) is 6.38. The van der Waals surface area contributed by atoms with Crippen LogP contribution in [-0.4, -0.2) is 30.9 Å². The van der Waals surface area contributed by atoms with Gasteiger partial charge in [-0.05, 0) is 25.6 Å². The van der Waals surface area contributed by atoms with E-state index in [-0.39, 0.29) is 6.04 Å². The lowest BCUT2D eigenvalue weighted by Crippen LogP contribution is -2.17. The van der Waals surface area contributed by atoms with Crippen molar-refractivity contribution in [1.82, 2.24) is 15.5 Å². The van der Waals surface area contributed by atoms with E-state index in [0.29, 0.717) is 11.9 Å². The average Bonchev–Trinajstić information content (AvgIpc) is 2.96. The third-order valence-electron chi connectivity index (χ3n) is 3.04. The lowest BCUT2D eigenvalue weighted by Gasteiger charge is -2.15. The van der Waals surface area contributed by atoms with Crippen LogP contribution < -0.4 is 15.0 Å². The molecule has 108 valence electrons. The fourth-order valence-corrected chi connectivity index (χ4v) is 1.86. The molecule has 0 bridgehead atoms. The number of aromatic nitrogens is 2. The third-order valence-corrected chi connectivity index (χ3v) is 3.04. The summed E-state index contributed by atoms with van der Waals surface area (Å²) in [4.78, 5) is 1.83. The Kier molecular flexibility index (Phi) is 4.57. The Morgan fingerprint density at radius 1 is 1.40 bits per heavy atom. The van der Waals surface area contributed by atoms with Crippen LogP contribution >= 0.6 is 0 Å². The van der Waals surface area contributed by atoms with Gasteiger partial charge in [-0.1, -0.05) is 18.1 Å². The summed E-state index contributed by atoms with van der Waals surface area (Å²) in [5.74, 6) is 1.37. The number of rotatable bonds is 6. The summed E-state index contributed by atoms with van der Waals surface area (Å²) in [6.07, 6.45) is 0. The molecule has 0 saturated carbocycles. The average molecular weight is 276 g/mol. The number of nitrogens with one attached hydrogen (secondary N) is 1. The number of methoxy groups -OCH3 is 1. The molecule has 0 radical (unpaired) electrons. The van der Waals surface area contributed by atoms with Gasteiger partial charge in [-0.3, -0.25) is 4.90 Å². The highest BCUT2D eigenvalue weighted by Crippen LogP contribution is 2.26. The molecule has 1 aromatic carbocycles. The summed E-state index contributed by atoms with van der Waals surface area (Å²) >= 11 is 0. The van der Waals surface area contributed by atoms with E-state index in [1.165, 1.54) is 0 Å². The zero-order valence-corrected chi connectivity index (χ0v) is 12.3. The van der Waals surface area contributed by atoms with Gasteiger partial charge in [0.25, 0.3) is 0 Å². The fraction of sp³-hybridized carbons (Fsp3) is 0.429. The minimum atomic E-state index is 0.0416. The van der Waals surface area contributed by atoms with Gasteiger partial charge in [0, 0.05) is 18.8 Å². The minimum Gasteiger partial charge on any atom is -0.497 e. The molecule has 1 atom stereocenters. The van der Waals surface area contributed by atoms with Crippen LogP contribution in [0.15, 0.2) is 28.7 Å². The van der Waals surface area contributed by atoms with Crippen molar-refractivity contribution in [3.63, 3.8) is 0 Å². The van der Waals surface area contributed by atoms with Crippen LogP contribution in [0.1, 0.15) is 25.8 Å². The van der Waals surface area contributed by atoms with Crippen LogP contribution in [0, 0.1) is 0 Å². The van der Waals surface area contributed by atoms with Crippen molar-refractivity contribution < 1.29 is 9.15 Å². The van der Waals surface area contributed by atoms with Crippen molar-refractivity contribution in [2.45, 2.75) is 19.9 Å². The molecule has 0 aliphatic heterocycles. The second-order valence-corrected chi connectivity index (χ2v) is 4.46. The zero-order chi connectivity index (χ0) is 14.5. The third kappa shape index (κ3) is 3.08. The van der Waals surface area contributed by atoms with Gasteiger partial charge >= 0.3 is 6.01 Å². The van der Waals surface area contributed by atoms with Gasteiger partial charge < -0.3 is 14.5 Å². The molecule has 0 aliphatic rings. The molecule has 1 unspecified atom stereocenters. The highest BCUT2D eigenvalue weighted by molar-refractivity contribution is 5.57. The van der Waals surface area contributed by atoms with E-state index < -0.39 is 0 Å². The predicted molar refractivity (Wildman–Crippen MR) is 77.4 cm³/mol. The molecule has 20 heavy (non-hydrogen) atoms. The second-order valence-electron chi connectivity index (χ2n) is 4.46. The van der Waals surface area contributed by atoms with Gasteiger partial charge in [0.15, 0.2) is 0 Å². The summed E-state index contributed by atoms with van der Waals surface area (Å²) in [7, 11) is 3.52. The molecule has 2 rings (SSSR count). The van der Waals surface area contributed by atoms with Gasteiger partial charge in [0.05, 0.1) is 13.2 Å². The first-order chi connectivity index (χ1) is 9.65. The Bertz CT molecular complexity index is 556. The van der Waals surface area contributed by atoms with E-state index in [0.717, 1.165) is 18.0 Å². The predicted octanol–water partition coefficient (Wildman–Crippen LogP) is 2.52. The number of nitrogens with zero attached hydrogens (tertiary/aromatic N) is 3. The molecule has 0 amide bonds. The van der Waals surface area contributed by atoms with Crippen molar-refractivity contribution in [1.29, 1.82) is 0 Å². The van der Waals surface area contributed by atoms with E-state index in [9.17, 15) is 0 Å². The Hall–Kier alpha value is -2.08. The number of hydrogen-bond acceptors (Lipinski definition) is 6. The fourth-order valence-electron chi connectivity index (χ4n) is 1.86. The quantitative estimate of drug-likeness (QED) is 0.874. The minimum absolute atomic E-state index is 0.0416. The van der Waals surface area contributed by atoms with Crippen molar-refractivity contribution in [2.24, 2.45) is 0 Å². The van der Waals surface area contributed by atoms with E-state index >= 15 is 0 Å². The Labute approximate surface area is 118 Å². The van der Waals surface area contributed by atoms with Crippen molar-refractivity contribution in [3.8, 4) is 5.75 Å². The molecular formula is C14H20N4O2. The van der Waals surface area contributed by atoms with Crippen LogP contribution in [0.5, 0.6) is 5.75 Å². The molecule has 1 aromatic heterocycles. The molecule has 0 spiro atoms. The van der Waals surface area contributed by atoms with E-state index in [4.69, 9.17) is 9.15 Å². The van der Waals surface area contributed by atoms with Gasteiger partial charge in [-0.2, -0.15) is 0 Å². The first-order valence-corrected chi connectivity index (χ1v) is 6.60. The van der Waals surface area contributed by atoms with Gasteiger partial charge in [0.1, 0.15) is 5.75 Å². The zero-order valence-electron chi connectivity index (χ0n) is 12.3. The molecule has 1 heterocycles. The van der Waals surface area contributed by atoms with Crippen LogP contribution in [0.25, 0.3) is 0 Å². The maximum absolute atomic E-state index is 5.69. The van der Waals surface area contributed by atoms with Gasteiger partial charge in [-0.15, -0.1) is 5.10 Å². The first kappa shape index (κ1) is 14.3. The highest BCUT2D eigenvalue weighted by Gasteiger charge is 2.16. The van der Waals surface area contributed by atoms with Crippen molar-refractivity contribution in [2.75, 3.05) is 25.6 Å². The SMILES string of the molecule is CCNC(C)c1nnc(N(C)c2cccc(OC)c2)o1. The van der Waals surface area contributed by atoms with Crippen LogP contribution in [0.2, 0.25) is 0 Å². The summed E-state index contributed by atoms with van der Waals surface area (Å²) in [5, 5.41) is 11.4. The van der Waals surface area contributed by atoms with Crippen molar-refractivity contribution >= 4 is 11.7 Å². The summed E-state index contributed by atoms with van der Waals surface area (Å²) in [6.45, 7) is 4.88. The highest BCUT2D eigenvalue weighted by atomic mass is 16.5. The smallest absolute Gasteiger partial charge is 0.322 e. The lowest BCUT2D eigenvalue weighted by atomic mass is 10.3.